The molecule has 0 aromatic heterocycles. The Bertz CT molecular complexity index is 961. The summed E-state index contributed by atoms with van der Waals surface area (Å²) >= 11 is 14.4. The van der Waals surface area contributed by atoms with E-state index in [1.165, 1.54) is 40.6 Å². The van der Waals surface area contributed by atoms with Crippen LogP contribution in [0.2, 0.25) is 5.02 Å². The summed E-state index contributed by atoms with van der Waals surface area (Å²) in [5.41, 5.74) is 1.56. The van der Waals surface area contributed by atoms with Gasteiger partial charge in [0, 0.05) is 16.5 Å². The first-order chi connectivity index (χ1) is 12.5. The van der Waals surface area contributed by atoms with Crippen molar-refractivity contribution in [3.05, 3.63) is 63.2 Å². The molecule has 1 amide bonds. The molecular weight excluding hydrogens is 411 g/mol. The van der Waals surface area contributed by atoms with Crippen molar-refractivity contribution in [2.24, 2.45) is 0 Å². The summed E-state index contributed by atoms with van der Waals surface area (Å²) in [6.45, 7) is 2.73. The van der Waals surface area contributed by atoms with Crippen LogP contribution in [0.15, 0.2) is 57.3 Å². The van der Waals surface area contributed by atoms with Gasteiger partial charge < -0.3 is 4.90 Å². The monoisotopic (exact) mass is 422 g/mol. The normalized spacial score (nSPS) is 19.5. The smallest absolute Gasteiger partial charge is 0.273 e. The van der Waals surface area contributed by atoms with Crippen molar-refractivity contribution in [2.45, 2.75) is 11.8 Å². The minimum Gasteiger partial charge on any atom is -0.334 e. The lowest BCUT2D eigenvalue weighted by molar-refractivity contribution is -0.113. The zero-order valence-electron chi connectivity index (χ0n) is 13.5. The Morgan fingerprint density at radius 3 is 2.58 bits per heavy atom. The molecule has 0 aliphatic carbocycles. The van der Waals surface area contributed by atoms with Crippen LogP contribution in [0.4, 0.5) is 15.8 Å². The fourth-order valence-corrected chi connectivity index (χ4v) is 5.67. The van der Waals surface area contributed by atoms with Gasteiger partial charge in [-0.2, -0.15) is 0 Å². The van der Waals surface area contributed by atoms with Crippen LogP contribution in [0.25, 0.3) is 0 Å². The number of hydrogen-bond acceptors (Lipinski definition) is 5. The van der Waals surface area contributed by atoms with Gasteiger partial charge in [0.1, 0.15) is 15.8 Å². The predicted molar refractivity (Wildman–Crippen MR) is 111 cm³/mol. The Morgan fingerprint density at radius 1 is 1.15 bits per heavy atom. The third-order valence-corrected chi connectivity index (χ3v) is 6.94. The topological polar surface area (TPSA) is 23.6 Å². The first-order valence-corrected chi connectivity index (χ1v) is 10.2. The highest BCUT2D eigenvalue weighted by Gasteiger charge is 2.39. The van der Waals surface area contributed by atoms with Gasteiger partial charge in [-0.15, -0.1) is 0 Å². The standard InChI is InChI=1S/C18H12ClFN2OS3/c1-2-21-13-9-10(19)3-8-14(13)25-17(21)15-16(23)22(18(24)26-15)12-6-4-11(20)5-7-12/h3-9H,2H2,1H3. The number of rotatable bonds is 2. The molecule has 1 fully saturated rings. The highest BCUT2D eigenvalue weighted by atomic mass is 35.5. The maximum Gasteiger partial charge on any atom is 0.273 e. The summed E-state index contributed by atoms with van der Waals surface area (Å²) in [4.78, 5) is 18.2. The van der Waals surface area contributed by atoms with Crippen molar-refractivity contribution in [1.82, 2.24) is 0 Å². The minimum atomic E-state index is -0.353. The maximum atomic E-state index is 13.2. The molecule has 0 saturated carbocycles. The van der Waals surface area contributed by atoms with E-state index in [1.54, 1.807) is 12.1 Å². The Kier molecular flexibility index (Phi) is 4.73. The molecule has 0 N–H and O–H groups in total. The quantitative estimate of drug-likeness (QED) is 0.460. The summed E-state index contributed by atoms with van der Waals surface area (Å²) < 4.78 is 13.6. The number of benzene rings is 2. The van der Waals surface area contributed by atoms with Crippen molar-refractivity contribution in [3.63, 3.8) is 0 Å². The molecule has 26 heavy (non-hydrogen) atoms. The van der Waals surface area contributed by atoms with Gasteiger partial charge >= 0.3 is 0 Å². The fourth-order valence-electron chi connectivity index (χ4n) is 2.85. The molecule has 0 radical (unpaired) electrons. The van der Waals surface area contributed by atoms with E-state index in [2.05, 4.69) is 4.90 Å². The van der Waals surface area contributed by atoms with Crippen LogP contribution < -0.4 is 9.80 Å². The average molecular weight is 423 g/mol. The number of anilines is 2. The summed E-state index contributed by atoms with van der Waals surface area (Å²) in [7, 11) is 0. The van der Waals surface area contributed by atoms with Crippen molar-refractivity contribution in [2.75, 3.05) is 16.3 Å². The molecule has 0 spiro atoms. The molecule has 2 aromatic rings. The second-order valence-corrected chi connectivity index (χ2v) is 8.69. The number of carbonyl (C=O) groups excluding carboxylic acids is 1. The third-order valence-electron chi connectivity index (χ3n) is 4.03. The molecule has 4 rings (SSSR count). The zero-order valence-corrected chi connectivity index (χ0v) is 16.7. The second kappa shape index (κ2) is 6.88. The van der Waals surface area contributed by atoms with Crippen LogP contribution in [-0.4, -0.2) is 16.8 Å². The fraction of sp³-hybridized carbons (Fsp3) is 0.111. The van der Waals surface area contributed by atoms with Crippen molar-refractivity contribution < 1.29 is 9.18 Å². The van der Waals surface area contributed by atoms with E-state index in [1.807, 2.05) is 25.1 Å². The molecule has 0 bridgehead atoms. The first-order valence-electron chi connectivity index (χ1n) is 7.80. The highest BCUT2D eigenvalue weighted by Crippen LogP contribution is 2.51. The number of thiocarbonyl (C=S) groups is 1. The maximum absolute atomic E-state index is 13.2. The summed E-state index contributed by atoms with van der Waals surface area (Å²) in [5.74, 6) is -0.542. The molecule has 2 aliphatic heterocycles. The van der Waals surface area contributed by atoms with Crippen molar-refractivity contribution in [3.8, 4) is 0 Å². The molecular formula is C18H12ClFN2OS3. The number of thioether (sulfide) groups is 2. The predicted octanol–water partition coefficient (Wildman–Crippen LogP) is 5.65. The summed E-state index contributed by atoms with van der Waals surface area (Å²) in [6, 6.07) is 11.5. The van der Waals surface area contributed by atoms with Crippen LogP contribution in [-0.2, 0) is 4.79 Å². The Labute approximate surface area is 169 Å². The van der Waals surface area contributed by atoms with E-state index in [-0.39, 0.29) is 11.7 Å². The van der Waals surface area contributed by atoms with E-state index < -0.39 is 0 Å². The highest BCUT2D eigenvalue weighted by molar-refractivity contribution is 8.27. The lowest BCUT2D eigenvalue weighted by Gasteiger charge is -2.19. The Morgan fingerprint density at radius 2 is 1.88 bits per heavy atom. The molecule has 0 atom stereocenters. The second-order valence-electron chi connectivity index (χ2n) is 5.58. The summed E-state index contributed by atoms with van der Waals surface area (Å²) in [5, 5.41) is 1.51. The molecule has 2 aliphatic rings. The van der Waals surface area contributed by atoms with Gasteiger partial charge in [0.25, 0.3) is 5.91 Å². The van der Waals surface area contributed by atoms with Crippen LogP contribution >= 0.6 is 47.3 Å². The lowest BCUT2D eigenvalue weighted by Crippen LogP contribution is -2.28. The number of fused-ring (bicyclic) bond motifs is 1. The molecule has 132 valence electrons. The van der Waals surface area contributed by atoms with Gasteiger partial charge in [0.15, 0.2) is 4.32 Å². The van der Waals surface area contributed by atoms with Crippen LogP contribution in [0, 0.1) is 5.82 Å². The van der Waals surface area contributed by atoms with E-state index in [0.29, 0.717) is 26.5 Å². The van der Waals surface area contributed by atoms with Crippen LogP contribution in [0.3, 0.4) is 0 Å². The van der Waals surface area contributed by atoms with E-state index in [9.17, 15) is 9.18 Å². The van der Waals surface area contributed by atoms with Gasteiger partial charge in [-0.1, -0.05) is 47.3 Å². The van der Waals surface area contributed by atoms with Gasteiger partial charge in [-0.05, 0) is 49.4 Å². The van der Waals surface area contributed by atoms with E-state index in [0.717, 1.165) is 15.6 Å². The first kappa shape index (κ1) is 17.9. The average Bonchev–Trinajstić information content (AvgIpc) is 3.12. The molecule has 8 heteroatoms. The summed E-state index contributed by atoms with van der Waals surface area (Å²) in [6.07, 6.45) is 0. The number of carbonyl (C=O) groups is 1. The SMILES string of the molecule is CCN1C(=C2SC(=S)N(c3ccc(F)cc3)C2=O)Sc2ccc(Cl)cc21. The minimum absolute atomic E-state index is 0.188. The lowest BCUT2D eigenvalue weighted by atomic mass is 10.2. The van der Waals surface area contributed by atoms with Gasteiger partial charge in [0.05, 0.1) is 11.4 Å². The van der Waals surface area contributed by atoms with Crippen LogP contribution in [0.5, 0.6) is 0 Å². The zero-order chi connectivity index (χ0) is 18.4. The number of halogens is 2. The molecule has 2 heterocycles. The van der Waals surface area contributed by atoms with E-state index in [4.69, 9.17) is 23.8 Å². The molecule has 3 nitrogen and oxygen atoms in total. The number of amides is 1. The molecule has 2 aromatic carbocycles. The van der Waals surface area contributed by atoms with Crippen LogP contribution in [0.1, 0.15) is 6.92 Å². The van der Waals surface area contributed by atoms with Gasteiger partial charge in [0.2, 0.25) is 0 Å². The molecule has 1 saturated heterocycles. The van der Waals surface area contributed by atoms with E-state index >= 15 is 0 Å². The number of nitrogens with zero attached hydrogens (tertiary/aromatic N) is 2. The largest absolute Gasteiger partial charge is 0.334 e. The van der Waals surface area contributed by atoms with Crippen molar-refractivity contribution in [1.29, 1.82) is 0 Å². The Balaban J connectivity index is 1.75. The Hall–Kier alpha value is -1.54. The molecule has 0 unspecified atom stereocenters. The van der Waals surface area contributed by atoms with Crippen molar-refractivity contribution >= 4 is 68.9 Å². The number of hydrogen-bond donors (Lipinski definition) is 0. The van der Waals surface area contributed by atoms with Gasteiger partial charge in [-0.3, -0.25) is 9.69 Å². The third kappa shape index (κ3) is 2.93. The van der Waals surface area contributed by atoms with Gasteiger partial charge in [-0.25, -0.2) is 4.39 Å².